The second-order valence-corrected chi connectivity index (χ2v) is 6.33. The first-order valence-corrected chi connectivity index (χ1v) is 8.46. The zero-order valence-electron chi connectivity index (χ0n) is 16.0. The third-order valence-corrected chi connectivity index (χ3v) is 3.90. The van der Waals surface area contributed by atoms with E-state index < -0.39 is 11.5 Å². The Morgan fingerprint density at radius 2 is 1.93 bits per heavy atom. The van der Waals surface area contributed by atoms with Gasteiger partial charge in [0.15, 0.2) is 0 Å². The van der Waals surface area contributed by atoms with Gasteiger partial charge in [-0.05, 0) is 37.6 Å². The summed E-state index contributed by atoms with van der Waals surface area (Å²) in [5.41, 5.74) is 4.93. The van der Waals surface area contributed by atoms with E-state index in [0.29, 0.717) is 5.69 Å². The van der Waals surface area contributed by atoms with Gasteiger partial charge >= 0.3 is 0 Å². The number of aryl methyl sites for hydroxylation is 2. The SMILES string of the molecule is Cc1cc(C(=O)N/N=C\c2ccc(N(C)C)cc2)n(-c2nnc(C)c(=O)[nH]2)n1. The van der Waals surface area contributed by atoms with Crippen LogP contribution < -0.4 is 15.9 Å². The second-order valence-electron chi connectivity index (χ2n) is 6.33. The molecule has 0 aliphatic rings. The molecular weight excluding hydrogens is 360 g/mol. The Hall–Kier alpha value is -3.82. The minimum Gasteiger partial charge on any atom is -0.378 e. The lowest BCUT2D eigenvalue weighted by molar-refractivity contribution is 0.0947. The maximum atomic E-state index is 12.5. The summed E-state index contributed by atoms with van der Waals surface area (Å²) in [4.78, 5) is 28.8. The van der Waals surface area contributed by atoms with E-state index in [1.807, 2.05) is 43.3 Å². The average Bonchev–Trinajstić information content (AvgIpc) is 3.06. The number of aromatic nitrogens is 5. The van der Waals surface area contributed by atoms with Crippen LogP contribution in [0.5, 0.6) is 0 Å². The molecule has 0 aliphatic heterocycles. The summed E-state index contributed by atoms with van der Waals surface area (Å²) in [6, 6.07) is 9.26. The Bertz CT molecular complexity index is 1080. The maximum Gasteiger partial charge on any atom is 0.290 e. The number of hydrazone groups is 1. The van der Waals surface area contributed by atoms with Crippen LogP contribution in [0.4, 0.5) is 5.69 Å². The van der Waals surface area contributed by atoms with Gasteiger partial charge in [0, 0.05) is 19.8 Å². The van der Waals surface area contributed by atoms with Gasteiger partial charge in [-0.3, -0.25) is 14.6 Å². The Labute approximate surface area is 160 Å². The fraction of sp³-hybridized carbons (Fsp3) is 0.222. The van der Waals surface area contributed by atoms with Crippen molar-refractivity contribution in [3.8, 4) is 5.95 Å². The topological polar surface area (TPSA) is 121 Å². The number of nitrogens with zero attached hydrogens (tertiary/aromatic N) is 6. The average molecular weight is 380 g/mol. The number of anilines is 1. The molecule has 0 aliphatic carbocycles. The summed E-state index contributed by atoms with van der Waals surface area (Å²) >= 11 is 0. The molecule has 0 spiro atoms. The van der Waals surface area contributed by atoms with E-state index in [4.69, 9.17) is 0 Å². The smallest absolute Gasteiger partial charge is 0.290 e. The van der Waals surface area contributed by atoms with Crippen LogP contribution in [0.25, 0.3) is 5.95 Å². The number of carbonyl (C=O) groups excluding carboxylic acids is 1. The molecule has 10 heteroatoms. The molecule has 1 amide bonds. The number of H-pyrrole nitrogens is 1. The minimum atomic E-state index is -0.495. The molecule has 0 atom stereocenters. The summed E-state index contributed by atoms with van der Waals surface area (Å²) in [7, 11) is 3.92. The highest BCUT2D eigenvalue weighted by Crippen LogP contribution is 2.11. The van der Waals surface area contributed by atoms with E-state index in [2.05, 4.69) is 30.8 Å². The predicted octanol–water partition coefficient (Wildman–Crippen LogP) is 0.797. The Balaban J connectivity index is 1.77. The van der Waals surface area contributed by atoms with E-state index in [1.54, 1.807) is 19.2 Å². The number of amides is 1. The van der Waals surface area contributed by atoms with Crippen LogP contribution >= 0.6 is 0 Å². The van der Waals surface area contributed by atoms with E-state index in [-0.39, 0.29) is 17.3 Å². The molecule has 0 bridgehead atoms. The number of aromatic amines is 1. The van der Waals surface area contributed by atoms with Gasteiger partial charge in [-0.15, -0.1) is 10.2 Å². The van der Waals surface area contributed by atoms with Crippen molar-refractivity contribution in [2.75, 3.05) is 19.0 Å². The van der Waals surface area contributed by atoms with Crippen molar-refractivity contribution in [2.24, 2.45) is 5.10 Å². The van der Waals surface area contributed by atoms with E-state index in [1.165, 1.54) is 11.6 Å². The van der Waals surface area contributed by atoms with Crippen molar-refractivity contribution in [1.29, 1.82) is 0 Å². The second kappa shape index (κ2) is 7.82. The van der Waals surface area contributed by atoms with Crippen LogP contribution in [-0.2, 0) is 0 Å². The number of hydrogen-bond donors (Lipinski definition) is 2. The molecule has 0 saturated heterocycles. The van der Waals surface area contributed by atoms with Crippen molar-refractivity contribution in [3.05, 3.63) is 63.3 Å². The Kier molecular flexibility index (Phi) is 5.30. The molecule has 0 fully saturated rings. The molecule has 0 unspecified atom stereocenters. The zero-order chi connectivity index (χ0) is 20.3. The molecule has 3 rings (SSSR count). The van der Waals surface area contributed by atoms with Crippen molar-refractivity contribution in [1.82, 2.24) is 30.4 Å². The highest BCUT2D eigenvalue weighted by Gasteiger charge is 2.17. The normalized spacial score (nSPS) is 11.0. The van der Waals surface area contributed by atoms with Crippen LogP contribution in [0.15, 0.2) is 40.2 Å². The summed E-state index contributed by atoms with van der Waals surface area (Å²) < 4.78 is 1.22. The fourth-order valence-electron chi connectivity index (χ4n) is 2.38. The number of carbonyl (C=O) groups is 1. The van der Waals surface area contributed by atoms with Gasteiger partial charge in [0.05, 0.1) is 11.9 Å². The van der Waals surface area contributed by atoms with Gasteiger partial charge in [0.1, 0.15) is 11.4 Å². The molecule has 28 heavy (non-hydrogen) atoms. The number of benzene rings is 1. The predicted molar refractivity (Wildman–Crippen MR) is 105 cm³/mol. The first-order chi connectivity index (χ1) is 13.3. The lowest BCUT2D eigenvalue weighted by atomic mass is 10.2. The molecule has 2 N–H and O–H groups in total. The molecule has 2 aromatic heterocycles. The third kappa shape index (κ3) is 4.11. The van der Waals surface area contributed by atoms with Crippen LogP contribution in [0.1, 0.15) is 27.4 Å². The van der Waals surface area contributed by atoms with Crippen LogP contribution in [-0.4, -0.2) is 51.2 Å². The summed E-state index contributed by atoms with van der Waals surface area (Å²) in [6.45, 7) is 3.26. The molecule has 1 aromatic carbocycles. The monoisotopic (exact) mass is 380 g/mol. The molecule has 3 aromatic rings. The van der Waals surface area contributed by atoms with E-state index in [0.717, 1.165) is 11.3 Å². The molecule has 0 saturated carbocycles. The first-order valence-electron chi connectivity index (χ1n) is 8.46. The van der Waals surface area contributed by atoms with Gasteiger partial charge in [-0.25, -0.2) is 5.43 Å². The third-order valence-electron chi connectivity index (χ3n) is 3.90. The van der Waals surface area contributed by atoms with E-state index >= 15 is 0 Å². The highest BCUT2D eigenvalue weighted by molar-refractivity contribution is 5.94. The minimum absolute atomic E-state index is 0.0529. The van der Waals surface area contributed by atoms with Gasteiger partial charge < -0.3 is 4.90 Å². The quantitative estimate of drug-likeness (QED) is 0.499. The standard InChI is InChI=1S/C18H20N8O2/c1-11-9-15(26(24-11)18-20-16(27)12(2)21-23-18)17(28)22-19-10-13-5-7-14(8-6-13)25(3)4/h5-10H,1-4H3,(H,22,28)(H,20,23,27)/b19-10-. The Morgan fingerprint density at radius 1 is 1.21 bits per heavy atom. The molecule has 2 heterocycles. The molecular formula is C18H20N8O2. The highest BCUT2D eigenvalue weighted by atomic mass is 16.2. The van der Waals surface area contributed by atoms with Crippen molar-refractivity contribution in [3.63, 3.8) is 0 Å². The van der Waals surface area contributed by atoms with Gasteiger partial charge in [0.2, 0.25) is 0 Å². The summed E-state index contributed by atoms with van der Waals surface area (Å²) in [6.07, 6.45) is 1.54. The first kappa shape index (κ1) is 19.0. The molecule has 144 valence electrons. The van der Waals surface area contributed by atoms with Gasteiger partial charge in [-0.2, -0.15) is 14.9 Å². The lowest BCUT2D eigenvalue weighted by Gasteiger charge is -2.11. The Morgan fingerprint density at radius 3 is 2.57 bits per heavy atom. The largest absolute Gasteiger partial charge is 0.378 e. The number of hydrogen-bond acceptors (Lipinski definition) is 7. The summed E-state index contributed by atoms with van der Waals surface area (Å²) in [5.74, 6) is -0.443. The molecule has 0 radical (unpaired) electrons. The van der Waals surface area contributed by atoms with Gasteiger partial charge in [0.25, 0.3) is 17.4 Å². The number of rotatable bonds is 5. The van der Waals surface area contributed by atoms with Crippen LogP contribution in [0, 0.1) is 13.8 Å². The van der Waals surface area contributed by atoms with E-state index in [9.17, 15) is 9.59 Å². The number of nitrogens with one attached hydrogen (secondary N) is 2. The van der Waals surface area contributed by atoms with Crippen LogP contribution in [0.2, 0.25) is 0 Å². The molecule has 10 nitrogen and oxygen atoms in total. The lowest BCUT2D eigenvalue weighted by Crippen LogP contribution is -2.24. The van der Waals surface area contributed by atoms with Crippen molar-refractivity contribution >= 4 is 17.8 Å². The van der Waals surface area contributed by atoms with Gasteiger partial charge in [-0.1, -0.05) is 12.1 Å². The van der Waals surface area contributed by atoms with Crippen molar-refractivity contribution in [2.45, 2.75) is 13.8 Å². The zero-order valence-corrected chi connectivity index (χ0v) is 16.0. The maximum absolute atomic E-state index is 12.5. The van der Waals surface area contributed by atoms with Crippen LogP contribution in [0.3, 0.4) is 0 Å². The van der Waals surface area contributed by atoms with Crippen molar-refractivity contribution < 1.29 is 4.79 Å². The summed E-state index contributed by atoms with van der Waals surface area (Å²) in [5, 5.41) is 15.8. The fourth-order valence-corrected chi connectivity index (χ4v) is 2.38.